The Hall–Kier alpha value is -1.14. The van der Waals surface area contributed by atoms with Crippen molar-refractivity contribution in [1.82, 2.24) is 9.55 Å². The van der Waals surface area contributed by atoms with Gasteiger partial charge in [-0.1, -0.05) is 23.2 Å². The van der Waals surface area contributed by atoms with Gasteiger partial charge in [0.1, 0.15) is 0 Å². The largest absolute Gasteiger partial charge is 0.389 e. The van der Waals surface area contributed by atoms with E-state index in [-0.39, 0.29) is 18.7 Å². The first-order valence-corrected chi connectivity index (χ1v) is 6.29. The first kappa shape index (κ1) is 14.3. The van der Waals surface area contributed by atoms with Crippen LogP contribution in [0.4, 0.5) is 0 Å². The minimum absolute atomic E-state index is 0.0970. The Morgan fingerprint density at radius 3 is 2.89 bits per heavy atom. The van der Waals surface area contributed by atoms with E-state index in [0.717, 1.165) is 0 Å². The molecule has 0 saturated heterocycles. The molecule has 1 heterocycles. The van der Waals surface area contributed by atoms with Gasteiger partial charge in [0.2, 0.25) is 0 Å². The van der Waals surface area contributed by atoms with Crippen molar-refractivity contribution in [2.75, 3.05) is 13.7 Å². The van der Waals surface area contributed by atoms with E-state index in [9.17, 15) is 9.90 Å². The SMILES string of the molecule is COC[C@H](O)Cn1cnc2c(Cl)cc(Cl)cc2c1=O. The van der Waals surface area contributed by atoms with Gasteiger partial charge in [-0.15, -0.1) is 0 Å². The summed E-state index contributed by atoms with van der Waals surface area (Å²) in [6.07, 6.45) is 0.570. The van der Waals surface area contributed by atoms with E-state index in [0.29, 0.717) is 20.9 Å². The summed E-state index contributed by atoms with van der Waals surface area (Å²) < 4.78 is 6.12. The van der Waals surface area contributed by atoms with Gasteiger partial charge in [0.05, 0.1) is 41.5 Å². The molecule has 2 aromatic rings. The summed E-state index contributed by atoms with van der Waals surface area (Å²) in [6.45, 7) is 0.237. The van der Waals surface area contributed by atoms with Gasteiger partial charge >= 0.3 is 0 Å². The lowest BCUT2D eigenvalue weighted by Gasteiger charge is -2.12. The molecule has 102 valence electrons. The third-order valence-corrected chi connectivity index (χ3v) is 3.12. The molecule has 0 amide bonds. The van der Waals surface area contributed by atoms with Gasteiger partial charge in [-0.25, -0.2) is 4.98 Å². The fourth-order valence-corrected chi connectivity index (χ4v) is 2.34. The molecule has 0 unspecified atom stereocenters. The number of rotatable bonds is 4. The molecule has 0 bridgehead atoms. The molecule has 1 aromatic heterocycles. The predicted octanol–water partition coefficient (Wildman–Crippen LogP) is 1.71. The molecule has 1 N–H and O–H groups in total. The van der Waals surface area contributed by atoms with E-state index in [1.807, 2.05) is 0 Å². The molecule has 0 radical (unpaired) electrons. The van der Waals surface area contributed by atoms with Crippen molar-refractivity contribution in [3.63, 3.8) is 0 Å². The van der Waals surface area contributed by atoms with Gasteiger partial charge in [0, 0.05) is 12.1 Å². The van der Waals surface area contributed by atoms with Crippen LogP contribution in [0.25, 0.3) is 10.9 Å². The fourth-order valence-electron chi connectivity index (χ4n) is 1.80. The van der Waals surface area contributed by atoms with Crippen LogP contribution >= 0.6 is 23.2 Å². The Morgan fingerprint density at radius 1 is 1.47 bits per heavy atom. The first-order chi connectivity index (χ1) is 9.02. The van der Waals surface area contributed by atoms with E-state index in [4.69, 9.17) is 27.9 Å². The number of benzene rings is 1. The molecule has 2 rings (SSSR count). The summed E-state index contributed by atoms with van der Waals surface area (Å²) in [5, 5.41) is 10.7. The highest BCUT2D eigenvalue weighted by Crippen LogP contribution is 2.23. The van der Waals surface area contributed by atoms with Crippen LogP contribution in [0.2, 0.25) is 10.0 Å². The zero-order chi connectivity index (χ0) is 14.0. The van der Waals surface area contributed by atoms with Gasteiger partial charge in [0.15, 0.2) is 0 Å². The van der Waals surface area contributed by atoms with E-state index < -0.39 is 6.10 Å². The summed E-state index contributed by atoms with van der Waals surface area (Å²) >= 11 is 11.9. The number of hydrogen-bond acceptors (Lipinski definition) is 4. The Balaban J connectivity index is 2.49. The molecule has 5 nitrogen and oxygen atoms in total. The number of nitrogens with zero attached hydrogens (tertiary/aromatic N) is 2. The van der Waals surface area contributed by atoms with Crippen molar-refractivity contribution in [3.05, 3.63) is 38.9 Å². The molecular formula is C12H12Cl2N2O3. The van der Waals surface area contributed by atoms with Crippen LogP contribution in [-0.2, 0) is 11.3 Å². The third kappa shape index (κ3) is 3.06. The zero-order valence-corrected chi connectivity index (χ0v) is 11.6. The maximum absolute atomic E-state index is 12.2. The minimum Gasteiger partial charge on any atom is -0.389 e. The van der Waals surface area contributed by atoms with Crippen molar-refractivity contribution in [3.8, 4) is 0 Å². The van der Waals surface area contributed by atoms with E-state index in [1.165, 1.54) is 30.1 Å². The highest BCUT2D eigenvalue weighted by molar-refractivity contribution is 6.38. The molecule has 0 aliphatic carbocycles. The van der Waals surface area contributed by atoms with Gasteiger partial charge in [-0.05, 0) is 12.1 Å². The van der Waals surface area contributed by atoms with Crippen LogP contribution in [0.3, 0.4) is 0 Å². The Bertz CT molecular complexity index is 657. The van der Waals surface area contributed by atoms with Gasteiger partial charge in [-0.2, -0.15) is 0 Å². The fraction of sp³-hybridized carbons (Fsp3) is 0.333. The topological polar surface area (TPSA) is 64.3 Å². The maximum atomic E-state index is 12.2. The Kier molecular flexibility index (Phi) is 4.42. The molecule has 0 saturated carbocycles. The van der Waals surface area contributed by atoms with E-state index >= 15 is 0 Å². The summed E-state index contributed by atoms with van der Waals surface area (Å²) in [6, 6.07) is 3.04. The number of methoxy groups -OCH3 is 1. The summed E-state index contributed by atoms with van der Waals surface area (Å²) in [5.74, 6) is 0. The highest BCUT2D eigenvalue weighted by atomic mass is 35.5. The molecule has 0 fully saturated rings. The molecular weight excluding hydrogens is 291 g/mol. The number of aromatic nitrogens is 2. The molecule has 0 aliphatic rings. The van der Waals surface area contributed by atoms with Crippen molar-refractivity contribution in [1.29, 1.82) is 0 Å². The minimum atomic E-state index is -0.781. The number of aliphatic hydroxyl groups excluding tert-OH is 1. The number of hydrogen-bond donors (Lipinski definition) is 1. The maximum Gasteiger partial charge on any atom is 0.261 e. The van der Waals surface area contributed by atoms with Crippen LogP contribution in [0.1, 0.15) is 0 Å². The van der Waals surface area contributed by atoms with Crippen molar-refractivity contribution in [2.45, 2.75) is 12.6 Å². The number of aliphatic hydroxyl groups is 1. The van der Waals surface area contributed by atoms with Crippen LogP contribution < -0.4 is 5.56 Å². The lowest BCUT2D eigenvalue weighted by Crippen LogP contribution is -2.29. The Morgan fingerprint density at radius 2 is 2.21 bits per heavy atom. The second kappa shape index (κ2) is 5.88. The standard InChI is InChI=1S/C12H12Cl2N2O3/c1-19-5-8(17)4-16-6-15-11-9(12(16)18)2-7(13)3-10(11)14/h2-3,6,8,17H,4-5H2,1H3/t8-/m1/s1. The lowest BCUT2D eigenvalue weighted by molar-refractivity contribution is 0.0529. The smallest absolute Gasteiger partial charge is 0.261 e. The van der Waals surface area contributed by atoms with Crippen LogP contribution in [0.5, 0.6) is 0 Å². The van der Waals surface area contributed by atoms with Gasteiger partial charge in [-0.3, -0.25) is 9.36 Å². The predicted molar refractivity (Wildman–Crippen MR) is 73.9 cm³/mol. The quantitative estimate of drug-likeness (QED) is 0.934. The summed E-state index contributed by atoms with van der Waals surface area (Å²) in [5.41, 5.74) is 0.0955. The number of halogens is 2. The zero-order valence-electron chi connectivity index (χ0n) is 10.1. The van der Waals surface area contributed by atoms with E-state index in [1.54, 1.807) is 0 Å². The monoisotopic (exact) mass is 302 g/mol. The summed E-state index contributed by atoms with van der Waals surface area (Å²) in [7, 11) is 1.48. The second-order valence-corrected chi connectivity index (χ2v) is 4.94. The van der Waals surface area contributed by atoms with Crippen molar-refractivity contribution < 1.29 is 9.84 Å². The van der Waals surface area contributed by atoms with E-state index in [2.05, 4.69) is 4.98 Å². The average Bonchev–Trinajstić information content (AvgIpc) is 2.33. The van der Waals surface area contributed by atoms with Crippen molar-refractivity contribution >= 4 is 34.1 Å². The van der Waals surface area contributed by atoms with Gasteiger partial charge in [0.25, 0.3) is 5.56 Å². The molecule has 7 heteroatoms. The van der Waals surface area contributed by atoms with Crippen LogP contribution in [-0.4, -0.2) is 34.5 Å². The molecule has 1 atom stereocenters. The molecule has 1 aromatic carbocycles. The normalized spacial score (nSPS) is 12.8. The summed E-state index contributed by atoms with van der Waals surface area (Å²) in [4.78, 5) is 16.3. The number of fused-ring (bicyclic) bond motifs is 1. The average molecular weight is 303 g/mol. The molecule has 0 aliphatic heterocycles. The second-order valence-electron chi connectivity index (χ2n) is 4.10. The first-order valence-electron chi connectivity index (χ1n) is 5.54. The lowest BCUT2D eigenvalue weighted by atomic mass is 10.2. The van der Waals surface area contributed by atoms with Crippen molar-refractivity contribution in [2.24, 2.45) is 0 Å². The van der Waals surface area contributed by atoms with Crippen LogP contribution in [0, 0.1) is 0 Å². The number of ether oxygens (including phenoxy) is 1. The Labute approximate surface area is 119 Å². The van der Waals surface area contributed by atoms with Gasteiger partial charge < -0.3 is 9.84 Å². The van der Waals surface area contributed by atoms with Crippen LogP contribution in [0.15, 0.2) is 23.3 Å². The molecule has 19 heavy (non-hydrogen) atoms. The highest BCUT2D eigenvalue weighted by Gasteiger charge is 2.11. The third-order valence-electron chi connectivity index (χ3n) is 2.61. The molecule has 0 spiro atoms.